The predicted molar refractivity (Wildman–Crippen MR) is 132 cm³/mol. The van der Waals surface area contributed by atoms with Crippen LogP contribution in [-0.2, 0) is 4.79 Å². The Morgan fingerprint density at radius 2 is 1.85 bits per heavy atom. The maximum Gasteiger partial charge on any atom is 0.283 e. The second-order valence-corrected chi connectivity index (χ2v) is 8.61. The molecule has 0 aliphatic carbocycles. The van der Waals surface area contributed by atoms with Gasteiger partial charge < -0.3 is 9.30 Å². The van der Waals surface area contributed by atoms with Gasteiger partial charge >= 0.3 is 0 Å². The predicted octanol–water partition coefficient (Wildman–Crippen LogP) is 4.77. The number of carbonyl (C=O) groups excluding carboxylic acids is 1. The molecule has 33 heavy (non-hydrogen) atoms. The highest BCUT2D eigenvalue weighted by molar-refractivity contribution is 8.27. The van der Waals surface area contributed by atoms with E-state index in [1.807, 2.05) is 74.5 Å². The van der Waals surface area contributed by atoms with Crippen molar-refractivity contribution >= 4 is 39.8 Å². The first-order valence-electron chi connectivity index (χ1n) is 10.4. The molecule has 1 amide bonds. The van der Waals surface area contributed by atoms with E-state index in [1.165, 1.54) is 16.8 Å². The van der Waals surface area contributed by atoms with Crippen molar-refractivity contribution in [2.75, 3.05) is 7.11 Å². The Balaban J connectivity index is 1.51. The molecule has 2 aromatic carbocycles. The van der Waals surface area contributed by atoms with Crippen molar-refractivity contribution in [3.8, 4) is 11.4 Å². The van der Waals surface area contributed by atoms with Gasteiger partial charge in [0.1, 0.15) is 10.8 Å². The van der Waals surface area contributed by atoms with Crippen molar-refractivity contribution in [2.24, 2.45) is 10.1 Å². The number of rotatable bonds is 4. The van der Waals surface area contributed by atoms with Crippen LogP contribution < -0.4 is 4.74 Å². The number of amidine groups is 2. The van der Waals surface area contributed by atoms with Crippen molar-refractivity contribution in [2.45, 2.75) is 13.8 Å². The van der Waals surface area contributed by atoms with E-state index >= 15 is 0 Å². The van der Waals surface area contributed by atoms with Crippen LogP contribution in [0.1, 0.15) is 22.5 Å². The Hall–Kier alpha value is -3.91. The first-order chi connectivity index (χ1) is 16.0. The van der Waals surface area contributed by atoms with Crippen LogP contribution in [0.2, 0.25) is 0 Å². The number of hydrogen-bond donors (Lipinski definition) is 1. The molecule has 0 radical (unpaired) electrons. The second-order valence-electron chi connectivity index (χ2n) is 7.65. The topological polar surface area (TPSA) is 83.0 Å². The average molecular weight is 456 g/mol. The van der Waals surface area contributed by atoms with Crippen molar-refractivity contribution < 1.29 is 9.53 Å². The summed E-state index contributed by atoms with van der Waals surface area (Å²) in [7, 11) is 1.64. The SMILES string of the molecule is COc1cccc(-n2c(C)cc(/C=C3\C(=N)N4N=C(c5ccccc5)SC4=NC3=O)c2C)c1. The van der Waals surface area contributed by atoms with Crippen LogP contribution in [0, 0.1) is 19.3 Å². The summed E-state index contributed by atoms with van der Waals surface area (Å²) in [6, 6.07) is 19.5. The normalized spacial score (nSPS) is 16.7. The first kappa shape index (κ1) is 21.0. The van der Waals surface area contributed by atoms with Gasteiger partial charge in [0.15, 0.2) is 5.84 Å². The molecule has 0 bridgehead atoms. The first-order valence-corrected chi connectivity index (χ1v) is 11.2. The highest BCUT2D eigenvalue weighted by Gasteiger charge is 2.36. The fourth-order valence-corrected chi connectivity index (χ4v) is 4.82. The third kappa shape index (κ3) is 3.68. The highest BCUT2D eigenvalue weighted by Crippen LogP contribution is 2.32. The molecule has 1 N–H and O–H groups in total. The minimum absolute atomic E-state index is 0.0228. The summed E-state index contributed by atoms with van der Waals surface area (Å²) in [6.45, 7) is 3.99. The smallest absolute Gasteiger partial charge is 0.283 e. The van der Waals surface area contributed by atoms with Gasteiger partial charge in [-0.05, 0) is 55.4 Å². The average Bonchev–Trinajstić information content (AvgIpc) is 3.37. The molecule has 2 aliphatic heterocycles. The minimum Gasteiger partial charge on any atom is -0.497 e. The summed E-state index contributed by atoms with van der Waals surface area (Å²) in [5, 5.41) is 15.8. The van der Waals surface area contributed by atoms with Crippen LogP contribution in [0.4, 0.5) is 0 Å². The number of amides is 1. The molecule has 0 spiro atoms. The number of aliphatic imine (C=N–C) groups is 1. The van der Waals surface area contributed by atoms with Crippen molar-refractivity contribution in [3.05, 3.63) is 88.8 Å². The lowest BCUT2D eigenvalue weighted by Gasteiger charge is -2.20. The van der Waals surface area contributed by atoms with Crippen LogP contribution in [0.3, 0.4) is 0 Å². The fourth-order valence-electron chi connectivity index (χ4n) is 3.93. The van der Waals surface area contributed by atoms with Gasteiger partial charge in [0, 0.05) is 28.7 Å². The number of fused-ring (bicyclic) bond motifs is 1. The van der Waals surface area contributed by atoms with Gasteiger partial charge in [0.05, 0.1) is 12.7 Å². The number of nitrogens with zero attached hydrogens (tertiary/aromatic N) is 4. The molecule has 2 aliphatic rings. The standard InChI is InChI=1S/C25H21N5O2S/c1-15-12-18(16(2)29(15)19-10-7-11-20(14-19)32-3)13-21-22(26)30-25(27-23(21)31)33-24(28-30)17-8-5-4-6-9-17/h4-14,26H,1-3H3/b21-13+,26-22?. The van der Waals surface area contributed by atoms with E-state index in [1.54, 1.807) is 13.2 Å². The van der Waals surface area contributed by atoms with E-state index in [0.29, 0.717) is 10.2 Å². The monoisotopic (exact) mass is 455 g/mol. The zero-order valence-corrected chi connectivity index (χ0v) is 19.2. The van der Waals surface area contributed by atoms with Crippen LogP contribution in [0.25, 0.3) is 11.8 Å². The third-order valence-corrected chi connectivity index (χ3v) is 6.51. The van der Waals surface area contributed by atoms with Crippen LogP contribution in [0.5, 0.6) is 5.75 Å². The lowest BCUT2D eigenvalue weighted by molar-refractivity contribution is -0.114. The van der Waals surface area contributed by atoms with Gasteiger partial charge in [-0.3, -0.25) is 10.2 Å². The van der Waals surface area contributed by atoms with Crippen molar-refractivity contribution in [1.29, 1.82) is 5.41 Å². The van der Waals surface area contributed by atoms with E-state index in [9.17, 15) is 4.79 Å². The third-order valence-electron chi connectivity index (χ3n) is 5.56. The number of aromatic nitrogens is 1. The number of thioether (sulfide) groups is 1. The lowest BCUT2D eigenvalue weighted by Crippen LogP contribution is -2.35. The second kappa shape index (κ2) is 8.22. The fraction of sp³-hybridized carbons (Fsp3) is 0.120. The van der Waals surface area contributed by atoms with E-state index in [0.717, 1.165) is 34.0 Å². The Morgan fingerprint density at radius 3 is 2.61 bits per heavy atom. The minimum atomic E-state index is -0.436. The van der Waals surface area contributed by atoms with Crippen LogP contribution >= 0.6 is 11.8 Å². The molecule has 164 valence electrons. The maximum atomic E-state index is 12.8. The number of aryl methyl sites for hydroxylation is 1. The van der Waals surface area contributed by atoms with Gasteiger partial charge in [-0.2, -0.15) is 15.1 Å². The van der Waals surface area contributed by atoms with Crippen LogP contribution in [-0.4, -0.2) is 38.6 Å². The molecule has 8 heteroatoms. The molecule has 3 heterocycles. The Labute approximate surface area is 195 Å². The summed E-state index contributed by atoms with van der Waals surface area (Å²) in [5.41, 5.74) is 4.91. The quantitative estimate of drug-likeness (QED) is 0.575. The van der Waals surface area contributed by atoms with Gasteiger partial charge in [-0.15, -0.1) is 0 Å². The van der Waals surface area contributed by atoms with Crippen molar-refractivity contribution in [3.63, 3.8) is 0 Å². The molecule has 0 unspecified atom stereocenters. The molecular formula is C25H21N5O2S. The highest BCUT2D eigenvalue weighted by atomic mass is 32.2. The summed E-state index contributed by atoms with van der Waals surface area (Å²) >= 11 is 1.30. The lowest BCUT2D eigenvalue weighted by atomic mass is 10.1. The molecule has 7 nitrogen and oxygen atoms in total. The van der Waals surface area contributed by atoms with Crippen LogP contribution in [0.15, 0.2) is 76.3 Å². The van der Waals surface area contributed by atoms with E-state index in [4.69, 9.17) is 10.1 Å². The molecule has 0 saturated heterocycles. The van der Waals surface area contributed by atoms with E-state index in [2.05, 4.69) is 14.7 Å². The summed E-state index contributed by atoms with van der Waals surface area (Å²) in [5.74, 6) is 0.355. The van der Waals surface area contributed by atoms with Gasteiger partial charge in [0.25, 0.3) is 5.91 Å². The number of carbonyl (C=O) groups is 1. The molecule has 0 atom stereocenters. The largest absolute Gasteiger partial charge is 0.497 e. The Morgan fingerprint density at radius 1 is 1.06 bits per heavy atom. The molecule has 3 aromatic rings. The number of benzene rings is 2. The summed E-state index contributed by atoms with van der Waals surface area (Å²) in [6.07, 6.45) is 1.73. The zero-order valence-electron chi connectivity index (χ0n) is 18.4. The molecular weight excluding hydrogens is 434 g/mol. The molecule has 0 saturated carbocycles. The number of methoxy groups -OCH3 is 1. The van der Waals surface area contributed by atoms with Gasteiger partial charge in [0.2, 0.25) is 5.17 Å². The van der Waals surface area contributed by atoms with E-state index < -0.39 is 5.91 Å². The number of ether oxygens (including phenoxy) is 1. The van der Waals surface area contributed by atoms with Crippen molar-refractivity contribution in [1.82, 2.24) is 9.58 Å². The Bertz CT molecular complexity index is 1390. The summed E-state index contributed by atoms with van der Waals surface area (Å²) in [4.78, 5) is 17.0. The number of hydrogen-bond acceptors (Lipinski definition) is 5. The number of nitrogens with one attached hydrogen (secondary N) is 1. The summed E-state index contributed by atoms with van der Waals surface area (Å²) < 4.78 is 7.46. The van der Waals surface area contributed by atoms with E-state index in [-0.39, 0.29) is 11.4 Å². The van der Waals surface area contributed by atoms with Gasteiger partial charge in [-0.25, -0.2) is 0 Å². The zero-order chi connectivity index (χ0) is 23.1. The molecule has 0 fully saturated rings. The maximum absolute atomic E-state index is 12.8. The van der Waals surface area contributed by atoms with Gasteiger partial charge in [-0.1, -0.05) is 36.4 Å². The Kier molecular flexibility index (Phi) is 5.22. The number of hydrazone groups is 1. The molecule has 5 rings (SSSR count). The molecule has 1 aromatic heterocycles.